The van der Waals surface area contributed by atoms with Gasteiger partial charge >= 0.3 is 0 Å². The van der Waals surface area contributed by atoms with Gasteiger partial charge in [0.15, 0.2) is 4.34 Å². The number of imidazole rings is 1. The second-order valence-electron chi connectivity index (χ2n) is 5.63. The number of thioether (sulfide) groups is 1. The molecule has 0 amide bonds. The Kier molecular flexibility index (Phi) is 3.61. The summed E-state index contributed by atoms with van der Waals surface area (Å²) in [5, 5.41) is 3.11. The molecule has 0 atom stereocenters. The van der Waals surface area contributed by atoms with E-state index in [-0.39, 0.29) is 5.56 Å². The quantitative estimate of drug-likeness (QED) is 0.467. The highest BCUT2D eigenvalue weighted by atomic mass is 32.2. The molecule has 9 heteroatoms. The third-order valence-corrected chi connectivity index (χ3v) is 6.03. The molecule has 5 rings (SSSR count). The summed E-state index contributed by atoms with van der Waals surface area (Å²) in [7, 11) is 0. The molecule has 0 spiro atoms. The SMILES string of the molecule is O=c1cc(CSc2nc3cccnc3s2)[nH]n1-c1nc2ccccc2[nH]1. The number of rotatable bonds is 4. The highest BCUT2D eigenvalue weighted by Gasteiger charge is 2.11. The summed E-state index contributed by atoms with van der Waals surface area (Å²) in [5.41, 5.74) is 3.27. The number of hydrogen-bond acceptors (Lipinski definition) is 6. The van der Waals surface area contributed by atoms with Crippen LogP contribution < -0.4 is 5.56 Å². The van der Waals surface area contributed by atoms with Crippen molar-refractivity contribution in [3.05, 3.63) is 64.7 Å². The molecule has 7 nitrogen and oxygen atoms in total. The minimum atomic E-state index is -0.148. The van der Waals surface area contributed by atoms with Crippen LogP contribution in [0.4, 0.5) is 0 Å². The molecule has 0 aliphatic rings. The number of benzene rings is 1. The maximum atomic E-state index is 12.3. The van der Waals surface area contributed by atoms with E-state index < -0.39 is 0 Å². The lowest BCUT2D eigenvalue weighted by molar-refractivity contribution is 0.789. The molecule has 0 aliphatic carbocycles. The third kappa shape index (κ3) is 2.71. The van der Waals surface area contributed by atoms with Gasteiger partial charge in [0.25, 0.3) is 5.56 Å². The molecular weight excluding hydrogens is 368 g/mol. The predicted molar refractivity (Wildman–Crippen MR) is 103 cm³/mol. The number of pyridine rings is 1. The number of aromatic nitrogens is 6. The van der Waals surface area contributed by atoms with Crippen LogP contribution in [0.1, 0.15) is 5.69 Å². The highest BCUT2D eigenvalue weighted by molar-refractivity contribution is 8.00. The van der Waals surface area contributed by atoms with Crippen LogP contribution in [0.15, 0.2) is 57.8 Å². The minimum Gasteiger partial charge on any atom is -0.322 e. The van der Waals surface area contributed by atoms with Crippen molar-refractivity contribution >= 4 is 44.5 Å². The molecule has 128 valence electrons. The molecule has 26 heavy (non-hydrogen) atoms. The predicted octanol–water partition coefficient (Wildman–Crippen LogP) is 3.34. The van der Waals surface area contributed by atoms with E-state index in [1.807, 2.05) is 36.4 Å². The summed E-state index contributed by atoms with van der Waals surface area (Å²) in [4.78, 5) is 29.7. The average molecular weight is 380 g/mol. The van der Waals surface area contributed by atoms with Crippen molar-refractivity contribution in [1.82, 2.24) is 29.7 Å². The van der Waals surface area contributed by atoms with Gasteiger partial charge in [0.05, 0.1) is 11.0 Å². The highest BCUT2D eigenvalue weighted by Crippen LogP contribution is 2.29. The Labute approximate surface area is 155 Å². The number of nitrogens with one attached hydrogen (secondary N) is 2. The Morgan fingerprint density at radius 3 is 2.88 bits per heavy atom. The van der Waals surface area contributed by atoms with Crippen LogP contribution in [0.5, 0.6) is 0 Å². The molecule has 1 aromatic carbocycles. The van der Waals surface area contributed by atoms with Gasteiger partial charge < -0.3 is 4.98 Å². The van der Waals surface area contributed by atoms with Crippen molar-refractivity contribution in [3.8, 4) is 5.95 Å². The van der Waals surface area contributed by atoms with Crippen LogP contribution in [0, 0.1) is 0 Å². The summed E-state index contributed by atoms with van der Waals surface area (Å²) in [6.45, 7) is 0. The van der Waals surface area contributed by atoms with Gasteiger partial charge in [-0.3, -0.25) is 9.89 Å². The second-order valence-corrected chi connectivity index (χ2v) is 7.83. The maximum Gasteiger partial charge on any atom is 0.274 e. The van der Waals surface area contributed by atoms with Crippen LogP contribution >= 0.6 is 23.1 Å². The van der Waals surface area contributed by atoms with E-state index >= 15 is 0 Å². The lowest BCUT2D eigenvalue weighted by atomic mass is 10.3. The van der Waals surface area contributed by atoms with E-state index in [9.17, 15) is 4.79 Å². The largest absolute Gasteiger partial charge is 0.322 e. The number of H-pyrrole nitrogens is 2. The average Bonchev–Trinajstić information content (AvgIpc) is 3.35. The number of para-hydroxylation sites is 2. The molecule has 4 heterocycles. The number of nitrogens with zero attached hydrogens (tertiary/aromatic N) is 4. The molecule has 0 aliphatic heterocycles. The van der Waals surface area contributed by atoms with Gasteiger partial charge in [0.2, 0.25) is 5.95 Å². The molecule has 5 aromatic rings. The standard InChI is InChI=1S/C17H12N6OS2/c24-14-8-10(9-25-17-21-13-6-3-7-18-15(13)26-17)22-23(14)16-19-11-4-1-2-5-12(11)20-16/h1-8,22H,9H2,(H,19,20). The number of fused-ring (bicyclic) bond motifs is 2. The Balaban J connectivity index is 1.40. The fourth-order valence-corrected chi connectivity index (χ4v) is 4.55. The Morgan fingerprint density at radius 2 is 2.00 bits per heavy atom. The van der Waals surface area contributed by atoms with E-state index in [2.05, 4.69) is 25.0 Å². The molecule has 0 saturated carbocycles. The zero-order valence-electron chi connectivity index (χ0n) is 13.3. The number of aromatic amines is 2. The summed E-state index contributed by atoms with van der Waals surface area (Å²) < 4.78 is 2.35. The van der Waals surface area contributed by atoms with Gasteiger partial charge in [-0.1, -0.05) is 35.2 Å². The molecule has 0 radical (unpaired) electrons. The van der Waals surface area contributed by atoms with Crippen molar-refractivity contribution in [2.24, 2.45) is 0 Å². The third-order valence-electron chi connectivity index (χ3n) is 3.86. The van der Waals surface area contributed by atoms with E-state index in [1.54, 1.807) is 35.4 Å². The lowest BCUT2D eigenvalue weighted by Crippen LogP contribution is -2.14. The Hall–Kier alpha value is -2.91. The molecule has 0 bridgehead atoms. The van der Waals surface area contributed by atoms with Crippen LogP contribution in [-0.4, -0.2) is 29.7 Å². The molecule has 0 unspecified atom stereocenters. The van der Waals surface area contributed by atoms with Crippen LogP contribution in [0.25, 0.3) is 27.3 Å². The lowest BCUT2D eigenvalue weighted by Gasteiger charge is -1.97. The van der Waals surface area contributed by atoms with E-state index in [1.165, 1.54) is 4.68 Å². The van der Waals surface area contributed by atoms with Gasteiger partial charge in [-0.05, 0) is 24.3 Å². The maximum absolute atomic E-state index is 12.3. The summed E-state index contributed by atoms with van der Waals surface area (Å²) >= 11 is 3.13. The Morgan fingerprint density at radius 1 is 1.12 bits per heavy atom. The topological polar surface area (TPSA) is 92.2 Å². The van der Waals surface area contributed by atoms with Crippen LogP contribution in [0.2, 0.25) is 0 Å². The molecule has 4 aromatic heterocycles. The van der Waals surface area contributed by atoms with Crippen LogP contribution in [-0.2, 0) is 5.75 Å². The zero-order valence-corrected chi connectivity index (χ0v) is 15.0. The van der Waals surface area contributed by atoms with Gasteiger partial charge in [-0.2, -0.15) is 4.68 Å². The van der Waals surface area contributed by atoms with Crippen molar-refractivity contribution < 1.29 is 0 Å². The van der Waals surface area contributed by atoms with Crippen molar-refractivity contribution in [3.63, 3.8) is 0 Å². The second kappa shape index (κ2) is 6.11. The minimum absolute atomic E-state index is 0.148. The molecular formula is C17H12N6OS2. The van der Waals surface area contributed by atoms with Crippen molar-refractivity contribution in [1.29, 1.82) is 0 Å². The first-order chi connectivity index (χ1) is 12.8. The molecule has 0 fully saturated rings. The van der Waals surface area contributed by atoms with Gasteiger partial charge in [0, 0.05) is 23.7 Å². The summed E-state index contributed by atoms with van der Waals surface area (Å²) in [6, 6.07) is 13.1. The van der Waals surface area contributed by atoms with E-state index in [0.717, 1.165) is 31.4 Å². The van der Waals surface area contributed by atoms with E-state index in [0.29, 0.717) is 11.7 Å². The first-order valence-corrected chi connectivity index (χ1v) is 9.67. The van der Waals surface area contributed by atoms with Crippen molar-refractivity contribution in [2.75, 3.05) is 0 Å². The summed E-state index contributed by atoms with van der Waals surface area (Å²) in [6.07, 6.45) is 1.76. The first-order valence-electron chi connectivity index (χ1n) is 7.87. The monoisotopic (exact) mass is 380 g/mol. The molecule has 0 saturated heterocycles. The smallest absolute Gasteiger partial charge is 0.274 e. The van der Waals surface area contributed by atoms with Gasteiger partial charge in [-0.25, -0.2) is 15.0 Å². The van der Waals surface area contributed by atoms with Crippen LogP contribution in [0.3, 0.4) is 0 Å². The fourth-order valence-electron chi connectivity index (χ4n) is 2.67. The van der Waals surface area contributed by atoms with Crippen molar-refractivity contribution in [2.45, 2.75) is 10.1 Å². The first kappa shape index (κ1) is 15.4. The molecule has 2 N–H and O–H groups in total. The number of thiazole rings is 1. The number of hydrogen-bond donors (Lipinski definition) is 2. The van der Waals surface area contributed by atoms with Gasteiger partial charge in [-0.15, -0.1) is 0 Å². The van der Waals surface area contributed by atoms with Gasteiger partial charge in [0.1, 0.15) is 10.3 Å². The summed E-state index contributed by atoms with van der Waals surface area (Å²) in [5.74, 6) is 1.10. The Bertz CT molecular complexity index is 1220. The normalized spacial score (nSPS) is 11.5. The fraction of sp³-hybridized carbons (Fsp3) is 0.0588. The van der Waals surface area contributed by atoms with E-state index in [4.69, 9.17) is 0 Å². The zero-order chi connectivity index (χ0) is 17.5.